The summed E-state index contributed by atoms with van der Waals surface area (Å²) in [6.45, 7) is 2.49. The largest absolute Gasteiger partial charge is 0.341 e. The summed E-state index contributed by atoms with van der Waals surface area (Å²) in [6, 6.07) is 18.2. The number of nitrogens with zero attached hydrogens (tertiary/aromatic N) is 2. The molecule has 122 valence electrons. The molecule has 1 unspecified atom stereocenters. The number of para-hydroxylation sites is 2. The molecule has 1 aliphatic heterocycles. The molecule has 5 heteroatoms. The SMILES string of the molecule is CCS(=O)(=O)N(C)C1CCN(c2ccccc2)c2ccccc21. The lowest BCUT2D eigenvalue weighted by Crippen LogP contribution is -2.38. The smallest absolute Gasteiger partial charge is 0.214 e. The molecule has 0 aromatic heterocycles. The molecule has 0 aliphatic carbocycles. The molecule has 0 saturated carbocycles. The van der Waals surface area contributed by atoms with Crippen molar-refractivity contribution in [3.63, 3.8) is 0 Å². The summed E-state index contributed by atoms with van der Waals surface area (Å²) in [5, 5.41) is 0. The van der Waals surface area contributed by atoms with E-state index in [0.717, 1.165) is 29.9 Å². The average molecular weight is 330 g/mol. The van der Waals surface area contributed by atoms with Crippen LogP contribution in [0.4, 0.5) is 11.4 Å². The number of hydrogen-bond acceptors (Lipinski definition) is 3. The van der Waals surface area contributed by atoms with E-state index in [1.807, 2.05) is 36.4 Å². The number of rotatable bonds is 4. The summed E-state index contributed by atoms with van der Waals surface area (Å²) in [7, 11) is -1.51. The van der Waals surface area contributed by atoms with Crippen LogP contribution in [-0.4, -0.2) is 32.1 Å². The molecule has 0 amide bonds. The Morgan fingerprint density at radius 3 is 2.43 bits per heavy atom. The van der Waals surface area contributed by atoms with Gasteiger partial charge >= 0.3 is 0 Å². The first-order valence-corrected chi connectivity index (χ1v) is 9.52. The lowest BCUT2D eigenvalue weighted by molar-refractivity contribution is 0.353. The van der Waals surface area contributed by atoms with Gasteiger partial charge < -0.3 is 4.90 Å². The summed E-state index contributed by atoms with van der Waals surface area (Å²) in [6.07, 6.45) is 0.779. The van der Waals surface area contributed by atoms with E-state index in [9.17, 15) is 8.42 Å². The van der Waals surface area contributed by atoms with Crippen LogP contribution in [0.3, 0.4) is 0 Å². The average Bonchev–Trinajstić information content (AvgIpc) is 2.61. The molecule has 2 aromatic rings. The quantitative estimate of drug-likeness (QED) is 0.861. The molecule has 0 spiro atoms. The minimum Gasteiger partial charge on any atom is -0.341 e. The summed E-state index contributed by atoms with van der Waals surface area (Å²) in [5.41, 5.74) is 3.30. The maximum Gasteiger partial charge on any atom is 0.214 e. The second-order valence-corrected chi connectivity index (χ2v) is 8.08. The summed E-state index contributed by atoms with van der Waals surface area (Å²) in [5.74, 6) is 0.130. The van der Waals surface area contributed by atoms with E-state index in [1.54, 1.807) is 14.0 Å². The van der Waals surface area contributed by atoms with Crippen LogP contribution >= 0.6 is 0 Å². The highest BCUT2D eigenvalue weighted by Crippen LogP contribution is 2.41. The molecule has 1 atom stereocenters. The molecule has 4 nitrogen and oxygen atoms in total. The zero-order valence-electron chi connectivity index (χ0n) is 13.5. The molecule has 1 aliphatic rings. The van der Waals surface area contributed by atoms with Crippen LogP contribution in [0.25, 0.3) is 0 Å². The monoisotopic (exact) mass is 330 g/mol. The lowest BCUT2D eigenvalue weighted by atomic mass is 9.96. The van der Waals surface area contributed by atoms with Gasteiger partial charge in [0.1, 0.15) is 0 Å². The van der Waals surface area contributed by atoms with Crippen LogP contribution in [0.15, 0.2) is 54.6 Å². The second kappa shape index (κ2) is 6.34. The minimum atomic E-state index is -3.21. The molecular formula is C18H22N2O2S. The molecule has 0 saturated heterocycles. The zero-order chi connectivity index (χ0) is 16.4. The van der Waals surface area contributed by atoms with Gasteiger partial charge in [-0.1, -0.05) is 36.4 Å². The van der Waals surface area contributed by atoms with Gasteiger partial charge in [0.2, 0.25) is 10.0 Å². The third-order valence-electron chi connectivity index (χ3n) is 4.52. The summed E-state index contributed by atoms with van der Waals surface area (Å²) < 4.78 is 26.1. The highest BCUT2D eigenvalue weighted by atomic mass is 32.2. The van der Waals surface area contributed by atoms with Gasteiger partial charge in [-0.15, -0.1) is 0 Å². The van der Waals surface area contributed by atoms with Crippen molar-refractivity contribution in [1.29, 1.82) is 0 Å². The van der Waals surface area contributed by atoms with Crippen molar-refractivity contribution in [2.45, 2.75) is 19.4 Å². The van der Waals surface area contributed by atoms with Crippen molar-refractivity contribution in [1.82, 2.24) is 4.31 Å². The fourth-order valence-corrected chi connectivity index (χ4v) is 4.21. The summed E-state index contributed by atoms with van der Waals surface area (Å²) >= 11 is 0. The van der Waals surface area contributed by atoms with Crippen LogP contribution in [0, 0.1) is 0 Å². The molecule has 0 fully saturated rings. The minimum absolute atomic E-state index is 0.101. The Hall–Kier alpha value is -1.85. The van der Waals surface area contributed by atoms with Crippen LogP contribution in [0.5, 0.6) is 0 Å². The van der Waals surface area contributed by atoms with Gasteiger partial charge in [-0.05, 0) is 37.1 Å². The molecule has 2 aromatic carbocycles. The van der Waals surface area contributed by atoms with E-state index in [-0.39, 0.29) is 11.8 Å². The fraction of sp³-hybridized carbons (Fsp3) is 0.333. The van der Waals surface area contributed by atoms with Gasteiger partial charge in [0.15, 0.2) is 0 Å². The third-order valence-corrected chi connectivity index (χ3v) is 6.38. The Morgan fingerprint density at radius 1 is 1.09 bits per heavy atom. The number of anilines is 2. The first kappa shape index (κ1) is 16.0. The van der Waals surface area contributed by atoms with Gasteiger partial charge in [0.05, 0.1) is 11.8 Å². The molecule has 0 bridgehead atoms. The van der Waals surface area contributed by atoms with Crippen LogP contribution in [0.1, 0.15) is 24.9 Å². The first-order valence-electron chi connectivity index (χ1n) is 7.92. The van der Waals surface area contributed by atoms with Gasteiger partial charge in [-0.3, -0.25) is 0 Å². The second-order valence-electron chi connectivity index (χ2n) is 5.77. The third kappa shape index (κ3) is 2.99. The van der Waals surface area contributed by atoms with Crippen LogP contribution in [0.2, 0.25) is 0 Å². The summed E-state index contributed by atoms with van der Waals surface area (Å²) in [4.78, 5) is 2.26. The topological polar surface area (TPSA) is 40.6 Å². The molecule has 23 heavy (non-hydrogen) atoms. The standard InChI is InChI=1S/C18H22N2O2S/c1-3-23(21,22)19(2)17-13-14-20(15-9-5-4-6-10-15)18-12-8-7-11-16(17)18/h4-12,17H,3,13-14H2,1-2H3. The van der Waals surface area contributed by atoms with Crippen LogP contribution < -0.4 is 4.90 Å². The van der Waals surface area contributed by atoms with Gasteiger partial charge in [-0.25, -0.2) is 8.42 Å². The van der Waals surface area contributed by atoms with E-state index in [2.05, 4.69) is 23.1 Å². The predicted molar refractivity (Wildman–Crippen MR) is 94.5 cm³/mol. The van der Waals surface area contributed by atoms with E-state index in [1.165, 1.54) is 4.31 Å². The van der Waals surface area contributed by atoms with Crippen molar-refractivity contribution in [2.24, 2.45) is 0 Å². The van der Waals surface area contributed by atoms with Crippen molar-refractivity contribution in [2.75, 3.05) is 24.2 Å². The van der Waals surface area contributed by atoms with E-state index in [4.69, 9.17) is 0 Å². The van der Waals surface area contributed by atoms with Crippen molar-refractivity contribution in [3.05, 3.63) is 60.2 Å². The predicted octanol–water partition coefficient (Wildman–Crippen LogP) is 3.55. The van der Waals surface area contributed by atoms with Crippen molar-refractivity contribution in [3.8, 4) is 0 Å². The molecule has 1 heterocycles. The van der Waals surface area contributed by atoms with Gasteiger partial charge in [0.25, 0.3) is 0 Å². The Morgan fingerprint density at radius 2 is 1.74 bits per heavy atom. The normalized spacial score (nSPS) is 18.0. The Balaban J connectivity index is 2.02. The lowest BCUT2D eigenvalue weighted by Gasteiger charge is -2.39. The van der Waals surface area contributed by atoms with Crippen molar-refractivity contribution >= 4 is 21.4 Å². The molecular weight excluding hydrogens is 308 g/mol. The van der Waals surface area contributed by atoms with E-state index in [0.29, 0.717) is 0 Å². The Bertz CT molecular complexity index is 775. The molecule has 0 N–H and O–H groups in total. The highest BCUT2D eigenvalue weighted by molar-refractivity contribution is 7.89. The Labute approximate surface area is 138 Å². The van der Waals surface area contributed by atoms with Gasteiger partial charge in [-0.2, -0.15) is 4.31 Å². The number of sulfonamides is 1. The molecule has 3 rings (SSSR count). The van der Waals surface area contributed by atoms with E-state index < -0.39 is 10.0 Å². The van der Waals surface area contributed by atoms with Gasteiger partial charge in [0, 0.05) is 25.0 Å². The number of benzene rings is 2. The van der Waals surface area contributed by atoms with Crippen molar-refractivity contribution < 1.29 is 8.42 Å². The maximum atomic E-state index is 12.3. The first-order chi connectivity index (χ1) is 11.0. The van der Waals surface area contributed by atoms with E-state index >= 15 is 0 Å². The zero-order valence-corrected chi connectivity index (χ0v) is 14.3. The van der Waals surface area contributed by atoms with Crippen LogP contribution in [-0.2, 0) is 10.0 Å². The highest BCUT2D eigenvalue weighted by Gasteiger charge is 2.32. The Kier molecular flexibility index (Phi) is 4.41. The molecule has 0 radical (unpaired) electrons. The number of hydrogen-bond donors (Lipinski definition) is 0. The maximum absolute atomic E-state index is 12.3. The fourth-order valence-electron chi connectivity index (χ4n) is 3.19. The number of fused-ring (bicyclic) bond motifs is 1.